The first-order valence-corrected chi connectivity index (χ1v) is 8.56. The zero-order chi connectivity index (χ0) is 18.7. The summed E-state index contributed by atoms with van der Waals surface area (Å²) < 4.78 is 2.05. The number of aromatic nitrogens is 5. The highest BCUT2D eigenvalue weighted by molar-refractivity contribution is 5.57. The molecular weight excluding hydrogens is 330 g/mol. The van der Waals surface area contributed by atoms with Crippen LogP contribution in [-0.2, 0) is 6.61 Å². The van der Waals surface area contributed by atoms with Gasteiger partial charge in [0.1, 0.15) is 5.82 Å². The van der Waals surface area contributed by atoms with E-state index < -0.39 is 0 Å². The molecule has 1 unspecified atom stereocenters. The van der Waals surface area contributed by atoms with Crippen LogP contribution in [0.2, 0.25) is 0 Å². The van der Waals surface area contributed by atoms with Crippen LogP contribution in [0, 0.1) is 6.92 Å². The van der Waals surface area contributed by atoms with Gasteiger partial charge in [-0.2, -0.15) is 15.0 Å². The van der Waals surface area contributed by atoms with Gasteiger partial charge in [0.05, 0.1) is 18.3 Å². The third-order valence-electron chi connectivity index (χ3n) is 4.29. The van der Waals surface area contributed by atoms with E-state index in [1.807, 2.05) is 37.3 Å². The van der Waals surface area contributed by atoms with Crippen molar-refractivity contribution in [3.05, 3.63) is 47.5 Å². The lowest BCUT2D eigenvalue weighted by atomic mass is 10.1. The summed E-state index contributed by atoms with van der Waals surface area (Å²) >= 11 is 0. The van der Waals surface area contributed by atoms with Crippen molar-refractivity contribution in [1.29, 1.82) is 0 Å². The number of nitrogens with two attached hydrogens (primary N) is 2. The summed E-state index contributed by atoms with van der Waals surface area (Å²) in [5.41, 5.74) is 14.0. The highest BCUT2D eigenvalue weighted by Gasteiger charge is 2.25. The van der Waals surface area contributed by atoms with Crippen molar-refractivity contribution >= 4 is 11.9 Å². The van der Waals surface area contributed by atoms with Crippen LogP contribution in [0.3, 0.4) is 0 Å². The minimum atomic E-state index is -0.212. The van der Waals surface area contributed by atoms with Gasteiger partial charge in [-0.25, -0.2) is 4.98 Å². The first-order valence-electron chi connectivity index (χ1n) is 8.56. The van der Waals surface area contributed by atoms with Gasteiger partial charge in [-0.1, -0.05) is 43.7 Å². The molecule has 2 heterocycles. The Balaban J connectivity index is 2.22. The molecule has 0 fully saturated rings. The first kappa shape index (κ1) is 17.8. The van der Waals surface area contributed by atoms with Crippen LogP contribution in [-0.4, -0.2) is 29.6 Å². The lowest BCUT2D eigenvalue weighted by Crippen LogP contribution is -2.19. The molecule has 0 radical (unpaired) electrons. The summed E-state index contributed by atoms with van der Waals surface area (Å²) in [5, 5.41) is 9.72. The Labute approximate surface area is 152 Å². The van der Waals surface area contributed by atoms with Gasteiger partial charge in [0, 0.05) is 11.3 Å². The van der Waals surface area contributed by atoms with E-state index in [4.69, 9.17) is 11.5 Å². The Morgan fingerprint density at radius 3 is 2.27 bits per heavy atom. The van der Waals surface area contributed by atoms with Gasteiger partial charge >= 0.3 is 0 Å². The van der Waals surface area contributed by atoms with E-state index in [1.54, 1.807) is 0 Å². The molecule has 5 N–H and O–H groups in total. The molecule has 0 aliphatic heterocycles. The van der Waals surface area contributed by atoms with Crippen molar-refractivity contribution in [1.82, 2.24) is 24.5 Å². The van der Waals surface area contributed by atoms with E-state index in [-0.39, 0.29) is 24.5 Å². The van der Waals surface area contributed by atoms with Crippen LogP contribution in [0.1, 0.15) is 43.0 Å². The van der Waals surface area contributed by atoms with E-state index >= 15 is 0 Å². The maximum absolute atomic E-state index is 9.72. The average Bonchev–Trinajstić information content (AvgIpc) is 2.96. The number of nitrogens with zero attached hydrogens (tertiary/aromatic N) is 5. The Hall–Kier alpha value is -3.00. The molecule has 8 nitrogen and oxygen atoms in total. The Morgan fingerprint density at radius 2 is 1.69 bits per heavy atom. The van der Waals surface area contributed by atoms with Crippen LogP contribution in [0.25, 0.3) is 11.4 Å². The van der Waals surface area contributed by atoms with E-state index in [0.29, 0.717) is 11.5 Å². The van der Waals surface area contributed by atoms with Crippen molar-refractivity contribution in [3.8, 4) is 11.4 Å². The fourth-order valence-corrected chi connectivity index (χ4v) is 3.11. The summed E-state index contributed by atoms with van der Waals surface area (Å²) in [7, 11) is 0. The maximum atomic E-state index is 9.72. The standard InChI is InChI=1S/C18H23N7O/c1-3-7-14(15-22-17(19)24-18(20)23-15)25-11(2)13(10-26)21-16(25)12-8-5-4-6-9-12/h4-6,8-9,14,26H,3,7,10H2,1-2H3,(H4,19,20,22,23,24). The summed E-state index contributed by atoms with van der Waals surface area (Å²) in [6, 6.07) is 9.62. The minimum absolute atomic E-state index is 0.0926. The van der Waals surface area contributed by atoms with Gasteiger partial charge in [-0.05, 0) is 13.3 Å². The predicted molar refractivity (Wildman–Crippen MR) is 100 cm³/mol. The first-order chi connectivity index (χ1) is 12.5. The van der Waals surface area contributed by atoms with Crippen LogP contribution < -0.4 is 11.5 Å². The lowest BCUT2D eigenvalue weighted by Gasteiger charge is -2.21. The topological polar surface area (TPSA) is 129 Å². The predicted octanol–water partition coefficient (Wildman–Crippen LogP) is 2.09. The molecule has 0 saturated carbocycles. The number of aliphatic hydroxyl groups excluding tert-OH is 1. The maximum Gasteiger partial charge on any atom is 0.225 e. The zero-order valence-electron chi connectivity index (χ0n) is 14.9. The van der Waals surface area contributed by atoms with Crippen molar-refractivity contribution < 1.29 is 5.11 Å². The van der Waals surface area contributed by atoms with Gasteiger partial charge < -0.3 is 21.1 Å². The van der Waals surface area contributed by atoms with E-state index in [9.17, 15) is 5.11 Å². The summed E-state index contributed by atoms with van der Waals surface area (Å²) in [4.78, 5) is 17.1. The largest absolute Gasteiger partial charge is 0.390 e. The molecule has 136 valence electrons. The van der Waals surface area contributed by atoms with E-state index in [2.05, 4.69) is 31.4 Å². The SMILES string of the molecule is CCCC(c1nc(N)nc(N)n1)n1c(-c2ccccc2)nc(CO)c1C. The molecule has 1 aromatic carbocycles. The highest BCUT2D eigenvalue weighted by Crippen LogP contribution is 2.31. The number of imidazole rings is 1. The van der Waals surface area contributed by atoms with E-state index in [0.717, 1.165) is 29.9 Å². The van der Waals surface area contributed by atoms with Crippen LogP contribution in [0.15, 0.2) is 30.3 Å². The fourth-order valence-electron chi connectivity index (χ4n) is 3.11. The molecular formula is C18H23N7O. The molecule has 0 amide bonds. The molecule has 0 saturated heterocycles. The van der Waals surface area contributed by atoms with Gasteiger partial charge in [0.25, 0.3) is 0 Å². The van der Waals surface area contributed by atoms with Crippen LogP contribution >= 0.6 is 0 Å². The number of nitrogen functional groups attached to an aromatic ring is 2. The van der Waals surface area contributed by atoms with Gasteiger partial charge in [0.15, 0.2) is 5.82 Å². The normalized spacial score (nSPS) is 12.3. The quantitative estimate of drug-likeness (QED) is 0.619. The molecule has 26 heavy (non-hydrogen) atoms. The molecule has 0 bridgehead atoms. The molecule has 3 aromatic rings. The van der Waals surface area contributed by atoms with Gasteiger partial charge in [-0.15, -0.1) is 0 Å². The number of hydrogen-bond donors (Lipinski definition) is 3. The van der Waals surface area contributed by atoms with Gasteiger partial charge in [-0.3, -0.25) is 0 Å². The summed E-state index contributed by atoms with van der Waals surface area (Å²) in [5.74, 6) is 1.44. The second-order valence-electron chi connectivity index (χ2n) is 6.08. The fraction of sp³-hybridized carbons (Fsp3) is 0.333. The number of anilines is 2. The number of hydrogen-bond acceptors (Lipinski definition) is 7. The summed E-state index contributed by atoms with van der Waals surface area (Å²) in [6.45, 7) is 3.88. The average molecular weight is 353 g/mol. The van der Waals surface area contributed by atoms with Gasteiger partial charge in [0.2, 0.25) is 11.9 Å². The molecule has 8 heteroatoms. The molecule has 0 aliphatic rings. The lowest BCUT2D eigenvalue weighted by molar-refractivity contribution is 0.276. The zero-order valence-corrected chi connectivity index (χ0v) is 14.9. The second-order valence-corrected chi connectivity index (χ2v) is 6.08. The van der Waals surface area contributed by atoms with Crippen molar-refractivity contribution in [2.24, 2.45) is 0 Å². The molecule has 1 atom stereocenters. The monoisotopic (exact) mass is 353 g/mol. The minimum Gasteiger partial charge on any atom is -0.390 e. The molecule has 3 rings (SSSR count). The van der Waals surface area contributed by atoms with Crippen molar-refractivity contribution in [3.63, 3.8) is 0 Å². The molecule has 0 aliphatic carbocycles. The second kappa shape index (κ2) is 7.49. The number of aliphatic hydroxyl groups is 1. The Kier molecular flexibility index (Phi) is 5.13. The highest BCUT2D eigenvalue weighted by atomic mass is 16.3. The van der Waals surface area contributed by atoms with Crippen molar-refractivity contribution in [2.45, 2.75) is 39.3 Å². The Morgan fingerprint density at radius 1 is 1.04 bits per heavy atom. The van der Waals surface area contributed by atoms with Crippen molar-refractivity contribution in [2.75, 3.05) is 11.5 Å². The summed E-state index contributed by atoms with van der Waals surface area (Å²) in [6.07, 6.45) is 1.67. The van der Waals surface area contributed by atoms with Crippen LogP contribution in [0.4, 0.5) is 11.9 Å². The molecule has 2 aromatic heterocycles. The van der Waals surface area contributed by atoms with E-state index in [1.165, 1.54) is 0 Å². The number of benzene rings is 1. The third kappa shape index (κ3) is 3.36. The Bertz CT molecular complexity index is 872. The number of rotatable bonds is 6. The molecule has 0 spiro atoms. The third-order valence-corrected chi connectivity index (χ3v) is 4.29. The van der Waals surface area contributed by atoms with Crippen LogP contribution in [0.5, 0.6) is 0 Å². The smallest absolute Gasteiger partial charge is 0.225 e.